The van der Waals surface area contributed by atoms with Crippen molar-refractivity contribution in [2.45, 2.75) is 6.10 Å². The van der Waals surface area contributed by atoms with Crippen LogP contribution in [0.25, 0.3) is 0 Å². The molecule has 0 bridgehead atoms. The molecule has 0 aliphatic rings. The Bertz CT molecular complexity index is 818. The fraction of sp³-hybridized carbons (Fsp3) is 0.263. The Morgan fingerprint density at radius 1 is 1.23 bits per heavy atom. The largest absolute Gasteiger partial charge is 0.415 e. The van der Waals surface area contributed by atoms with Crippen LogP contribution in [0.4, 0.5) is 4.79 Å². The van der Waals surface area contributed by atoms with Crippen LogP contribution in [0.2, 0.25) is 0 Å². The number of hydrogen-bond acceptors (Lipinski definition) is 5. The molecule has 136 valence electrons. The van der Waals surface area contributed by atoms with E-state index in [9.17, 15) is 4.79 Å². The highest BCUT2D eigenvalue weighted by molar-refractivity contribution is 7.10. The fourth-order valence-corrected chi connectivity index (χ4v) is 3.24. The summed E-state index contributed by atoms with van der Waals surface area (Å²) in [5, 5.41) is 6.24. The molecule has 6 nitrogen and oxygen atoms in total. The second-order valence-electron chi connectivity index (χ2n) is 5.75. The number of likely N-dealkylation sites (N-methyl/N-ethyl adjacent to an activating group) is 1. The van der Waals surface area contributed by atoms with E-state index in [1.54, 1.807) is 41.4 Å². The minimum absolute atomic E-state index is 0.207. The third kappa shape index (κ3) is 4.50. The summed E-state index contributed by atoms with van der Waals surface area (Å²) in [7, 11) is 3.58. The Morgan fingerprint density at radius 3 is 2.69 bits per heavy atom. The number of rotatable bonds is 7. The van der Waals surface area contributed by atoms with Gasteiger partial charge in [-0.3, -0.25) is 4.68 Å². The topological polar surface area (TPSA) is 56.6 Å². The van der Waals surface area contributed by atoms with Gasteiger partial charge in [0.05, 0.1) is 12.3 Å². The lowest BCUT2D eigenvalue weighted by Crippen LogP contribution is -2.33. The molecule has 0 radical (unpaired) electrons. The number of thiophene rings is 1. The van der Waals surface area contributed by atoms with E-state index in [-0.39, 0.29) is 6.10 Å². The first-order valence-corrected chi connectivity index (χ1v) is 9.14. The standard InChI is InChI=1S/C19H21N3O3S/c1-21(19(23)25-15-7-4-3-5-8-15)12-13-24-18(17-9-6-14-26-17)16-10-11-20-22(16)2/h3-11,14,18H,12-13H2,1-2H3. The monoisotopic (exact) mass is 371 g/mol. The number of hydrogen-bond donors (Lipinski definition) is 0. The summed E-state index contributed by atoms with van der Waals surface area (Å²) >= 11 is 1.63. The van der Waals surface area contributed by atoms with Gasteiger partial charge in [0.25, 0.3) is 0 Å². The molecule has 3 aromatic rings. The zero-order valence-corrected chi connectivity index (χ0v) is 15.6. The number of nitrogens with zero attached hydrogens (tertiary/aromatic N) is 3. The van der Waals surface area contributed by atoms with Crippen LogP contribution in [0, 0.1) is 0 Å². The third-order valence-electron chi connectivity index (χ3n) is 3.90. The molecule has 0 spiro atoms. The number of benzene rings is 1. The fourth-order valence-electron chi connectivity index (χ4n) is 2.46. The molecule has 0 saturated carbocycles. The number of carbonyl (C=O) groups is 1. The zero-order valence-electron chi connectivity index (χ0n) is 14.7. The average Bonchev–Trinajstić information content (AvgIpc) is 3.31. The first kappa shape index (κ1) is 18.2. The number of aryl methyl sites for hydroxylation is 1. The van der Waals surface area contributed by atoms with Gasteiger partial charge in [-0.1, -0.05) is 24.3 Å². The van der Waals surface area contributed by atoms with Crippen LogP contribution in [0.3, 0.4) is 0 Å². The van der Waals surface area contributed by atoms with Crippen LogP contribution in [-0.4, -0.2) is 41.0 Å². The number of para-hydroxylation sites is 1. The molecule has 2 heterocycles. The minimum Gasteiger partial charge on any atom is -0.410 e. The number of ether oxygens (including phenoxy) is 2. The maximum absolute atomic E-state index is 12.1. The molecule has 0 N–H and O–H groups in total. The van der Waals surface area contributed by atoms with Crippen LogP contribution >= 0.6 is 11.3 Å². The molecule has 1 unspecified atom stereocenters. The van der Waals surface area contributed by atoms with Gasteiger partial charge >= 0.3 is 6.09 Å². The van der Waals surface area contributed by atoms with Crippen LogP contribution in [0.15, 0.2) is 60.1 Å². The predicted molar refractivity (Wildman–Crippen MR) is 100 cm³/mol. The van der Waals surface area contributed by atoms with Crippen molar-refractivity contribution in [1.29, 1.82) is 0 Å². The lowest BCUT2D eigenvalue weighted by Gasteiger charge is -2.20. The summed E-state index contributed by atoms with van der Waals surface area (Å²) in [5.74, 6) is 0.525. The van der Waals surface area contributed by atoms with Crippen molar-refractivity contribution in [2.75, 3.05) is 20.2 Å². The molecule has 1 atom stereocenters. The van der Waals surface area contributed by atoms with Crippen LogP contribution < -0.4 is 4.74 Å². The van der Waals surface area contributed by atoms with Gasteiger partial charge in [0.2, 0.25) is 0 Å². The molecule has 0 saturated heterocycles. The maximum Gasteiger partial charge on any atom is 0.415 e. The molecule has 0 aliphatic heterocycles. The Hall–Kier alpha value is -2.64. The number of aromatic nitrogens is 2. The highest BCUT2D eigenvalue weighted by atomic mass is 32.1. The lowest BCUT2D eigenvalue weighted by atomic mass is 10.2. The van der Waals surface area contributed by atoms with E-state index in [0.717, 1.165) is 10.6 Å². The summed E-state index contributed by atoms with van der Waals surface area (Å²) in [5.41, 5.74) is 0.974. The van der Waals surface area contributed by atoms with Gasteiger partial charge in [-0.05, 0) is 29.6 Å². The van der Waals surface area contributed by atoms with Gasteiger partial charge in [0, 0.05) is 31.7 Å². The highest BCUT2D eigenvalue weighted by Crippen LogP contribution is 2.29. The van der Waals surface area contributed by atoms with E-state index in [1.807, 2.05) is 48.8 Å². The van der Waals surface area contributed by atoms with Gasteiger partial charge in [0.15, 0.2) is 0 Å². The van der Waals surface area contributed by atoms with Crippen molar-refractivity contribution in [3.8, 4) is 5.75 Å². The summed E-state index contributed by atoms with van der Waals surface area (Å²) in [4.78, 5) is 14.7. The quantitative estimate of drug-likeness (QED) is 0.635. The molecule has 1 aromatic carbocycles. The van der Waals surface area contributed by atoms with Crippen molar-refractivity contribution in [3.63, 3.8) is 0 Å². The van der Waals surface area contributed by atoms with Gasteiger partial charge in [-0.2, -0.15) is 5.10 Å². The number of carbonyl (C=O) groups excluding carboxylic acids is 1. The van der Waals surface area contributed by atoms with Crippen molar-refractivity contribution >= 4 is 17.4 Å². The Labute approximate surface area is 156 Å². The lowest BCUT2D eigenvalue weighted by molar-refractivity contribution is 0.0621. The van der Waals surface area contributed by atoms with E-state index < -0.39 is 6.09 Å². The molecule has 26 heavy (non-hydrogen) atoms. The molecule has 3 rings (SSSR count). The molecule has 7 heteroatoms. The Balaban J connectivity index is 1.56. The summed E-state index contributed by atoms with van der Waals surface area (Å²) in [6, 6.07) is 15.0. The van der Waals surface area contributed by atoms with E-state index in [0.29, 0.717) is 18.9 Å². The first-order valence-electron chi connectivity index (χ1n) is 8.26. The average molecular weight is 371 g/mol. The van der Waals surface area contributed by atoms with Crippen molar-refractivity contribution in [2.24, 2.45) is 7.05 Å². The van der Waals surface area contributed by atoms with Crippen molar-refractivity contribution in [1.82, 2.24) is 14.7 Å². The molecular formula is C19H21N3O3S. The summed E-state index contributed by atoms with van der Waals surface area (Å²) < 4.78 is 13.2. The predicted octanol–water partition coefficient (Wildman–Crippen LogP) is 3.72. The Morgan fingerprint density at radius 2 is 2.04 bits per heavy atom. The zero-order chi connectivity index (χ0) is 18.4. The van der Waals surface area contributed by atoms with E-state index in [2.05, 4.69) is 5.10 Å². The smallest absolute Gasteiger partial charge is 0.410 e. The van der Waals surface area contributed by atoms with Crippen LogP contribution in [0.5, 0.6) is 5.75 Å². The first-order chi connectivity index (χ1) is 12.6. The van der Waals surface area contributed by atoms with Crippen LogP contribution in [0.1, 0.15) is 16.7 Å². The van der Waals surface area contributed by atoms with E-state index >= 15 is 0 Å². The normalized spacial score (nSPS) is 11.9. The highest BCUT2D eigenvalue weighted by Gasteiger charge is 2.20. The van der Waals surface area contributed by atoms with Gasteiger partial charge in [-0.25, -0.2) is 4.79 Å². The van der Waals surface area contributed by atoms with Gasteiger partial charge < -0.3 is 14.4 Å². The maximum atomic E-state index is 12.1. The SMILES string of the molecule is CN(CCOC(c1cccs1)c1ccnn1C)C(=O)Oc1ccccc1. The van der Waals surface area contributed by atoms with Gasteiger partial charge in [0.1, 0.15) is 11.9 Å². The van der Waals surface area contributed by atoms with E-state index in [1.165, 1.54) is 4.90 Å². The Kier molecular flexibility index (Phi) is 6.04. The molecule has 1 amide bonds. The third-order valence-corrected chi connectivity index (χ3v) is 4.82. The molecule has 0 aliphatic carbocycles. The minimum atomic E-state index is -0.409. The van der Waals surface area contributed by atoms with Crippen molar-refractivity contribution in [3.05, 3.63) is 70.7 Å². The van der Waals surface area contributed by atoms with Crippen LogP contribution in [-0.2, 0) is 11.8 Å². The summed E-state index contributed by atoms with van der Waals surface area (Å²) in [6.45, 7) is 0.805. The van der Waals surface area contributed by atoms with Crippen molar-refractivity contribution < 1.29 is 14.3 Å². The van der Waals surface area contributed by atoms with E-state index in [4.69, 9.17) is 9.47 Å². The van der Waals surface area contributed by atoms with Gasteiger partial charge in [-0.15, -0.1) is 11.3 Å². The molecule has 0 fully saturated rings. The number of amides is 1. The molecular weight excluding hydrogens is 350 g/mol. The summed E-state index contributed by atoms with van der Waals surface area (Å²) in [6.07, 6.45) is 1.14. The second-order valence-corrected chi connectivity index (χ2v) is 6.73. The molecule has 2 aromatic heterocycles. The second kappa shape index (κ2) is 8.64.